The van der Waals surface area contributed by atoms with Crippen LogP contribution in [0.25, 0.3) is 0 Å². The first-order chi connectivity index (χ1) is 13.6. The van der Waals surface area contributed by atoms with Crippen LogP contribution < -0.4 is 14.8 Å². The summed E-state index contributed by atoms with van der Waals surface area (Å²) in [6, 6.07) is 10.0. The quantitative estimate of drug-likeness (QED) is 0.644. The van der Waals surface area contributed by atoms with Gasteiger partial charge in [0, 0.05) is 37.3 Å². The summed E-state index contributed by atoms with van der Waals surface area (Å²) < 4.78 is 11.5. The molecule has 146 valence electrons. The average molecular weight is 383 g/mol. The molecular formula is C20H21N3O5. The molecule has 0 atom stereocenters. The first-order valence-electron chi connectivity index (χ1n) is 9.26. The monoisotopic (exact) mass is 383 g/mol. The number of nitrogens with zero attached hydrogens (tertiary/aromatic N) is 2. The standard InChI is InChI=1S/C20H21N3O5/c24-20(21-16-3-1-4-17(11-16)23(25)26)13-22-6-5-14-9-18-19(10-15(14)12-22)28-8-2-7-27-18/h1,3-4,9-11H,2,5-8,12-13H2,(H,21,24). The molecule has 0 bridgehead atoms. The average Bonchev–Trinajstić information content (AvgIpc) is 2.91. The van der Waals surface area contributed by atoms with Crippen LogP contribution in [-0.2, 0) is 17.8 Å². The van der Waals surface area contributed by atoms with Crippen LogP contribution in [0.1, 0.15) is 17.5 Å². The fourth-order valence-corrected chi connectivity index (χ4v) is 3.51. The normalized spacial score (nSPS) is 16.0. The molecule has 1 N–H and O–H groups in total. The number of anilines is 1. The van der Waals surface area contributed by atoms with Gasteiger partial charge in [0.1, 0.15) is 0 Å². The van der Waals surface area contributed by atoms with Gasteiger partial charge in [0.2, 0.25) is 5.91 Å². The number of amides is 1. The Labute approximate surface area is 162 Å². The lowest BCUT2D eigenvalue weighted by Gasteiger charge is -2.29. The van der Waals surface area contributed by atoms with Crippen LogP contribution in [0.3, 0.4) is 0 Å². The third-order valence-electron chi connectivity index (χ3n) is 4.87. The summed E-state index contributed by atoms with van der Waals surface area (Å²) in [6.07, 6.45) is 1.69. The van der Waals surface area contributed by atoms with Crippen LogP contribution in [0, 0.1) is 10.1 Å². The summed E-state index contributed by atoms with van der Waals surface area (Å²) >= 11 is 0. The maximum absolute atomic E-state index is 12.4. The fraction of sp³-hybridized carbons (Fsp3) is 0.350. The van der Waals surface area contributed by atoms with Crippen LogP contribution in [0.4, 0.5) is 11.4 Å². The molecule has 8 heteroatoms. The van der Waals surface area contributed by atoms with Crippen molar-refractivity contribution in [3.63, 3.8) is 0 Å². The van der Waals surface area contributed by atoms with Crippen molar-refractivity contribution in [3.8, 4) is 11.5 Å². The Bertz CT molecular complexity index is 915. The number of nitro benzene ring substituents is 1. The number of nitro groups is 1. The van der Waals surface area contributed by atoms with Gasteiger partial charge in [0.15, 0.2) is 11.5 Å². The van der Waals surface area contributed by atoms with Gasteiger partial charge in [-0.1, -0.05) is 6.07 Å². The Balaban J connectivity index is 1.40. The Morgan fingerprint density at radius 1 is 1.14 bits per heavy atom. The van der Waals surface area contributed by atoms with Gasteiger partial charge in [-0.15, -0.1) is 0 Å². The molecule has 2 heterocycles. The predicted octanol–water partition coefficient (Wildman–Crippen LogP) is 2.75. The van der Waals surface area contributed by atoms with Crippen LogP contribution in [0.2, 0.25) is 0 Å². The molecule has 4 rings (SSSR count). The highest BCUT2D eigenvalue weighted by atomic mass is 16.6. The number of hydrogen-bond acceptors (Lipinski definition) is 6. The van der Waals surface area contributed by atoms with Gasteiger partial charge >= 0.3 is 0 Å². The van der Waals surface area contributed by atoms with E-state index in [4.69, 9.17) is 9.47 Å². The number of carbonyl (C=O) groups is 1. The number of nitrogens with one attached hydrogen (secondary N) is 1. The molecule has 2 aromatic rings. The highest BCUT2D eigenvalue weighted by Crippen LogP contribution is 2.35. The first-order valence-corrected chi connectivity index (χ1v) is 9.26. The van der Waals surface area contributed by atoms with E-state index in [-0.39, 0.29) is 18.1 Å². The zero-order valence-corrected chi connectivity index (χ0v) is 15.3. The second-order valence-corrected chi connectivity index (χ2v) is 6.93. The molecular weight excluding hydrogens is 362 g/mol. The highest BCUT2D eigenvalue weighted by molar-refractivity contribution is 5.92. The molecule has 0 unspecified atom stereocenters. The Morgan fingerprint density at radius 2 is 1.89 bits per heavy atom. The molecule has 0 aromatic heterocycles. The molecule has 0 aliphatic carbocycles. The van der Waals surface area contributed by atoms with E-state index < -0.39 is 4.92 Å². The minimum absolute atomic E-state index is 0.0485. The molecule has 8 nitrogen and oxygen atoms in total. The van der Waals surface area contributed by atoms with Gasteiger partial charge in [0.05, 0.1) is 24.7 Å². The van der Waals surface area contributed by atoms with Crippen LogP contribution >= 0.6 is 0 Å². The summed E-state index contributed by atoms with van der Waals surface area (Å²) in [5, 5.41) is 13.6. The summed E-state index contributed by atoms with van der Waals surface area (Å²) in [6.45, 7) is 2.93. The van der Waals surface area contributed by atoms with E-state index in [0.29, 0.717) is 25.4 Å². The number of benzene rings is 2. The van der Waals surface area contributed by atoms with Gasteiger partial charge in [-0.2, -0.15) is 0 Å². The van der Waals surface area contributed by atoms with Gasteiger partial charge in [-0.25, -0.2) is 0 Å². The van der Waals surface area contributed by atoms with E-state index in [1.807, 2.05) is 6.07 Å². The third-order valence-corrected chi connectivity index (χ3v) is 4.87. The van der Waals surface area contributed by atoms with E-state index in [9.17, 15) is 14.9 Å². The van der Waals surface area contributed by atoms with Crippen molar-refractivity contribution in [3.05, 3.63) is 57.6 Å². The second kappa shape index (κ2) is 7.85. The van der Waals surface area contributed by atoms with E-state index in [1.165, 1.54) is 17.7 Å². The first kappa shape index (κ1) is 18.2. The van der Waals surface area contributed by atoms with Crippen molar-refractivity contribution < 1.29 is 19.2 Å². The molecule has 2 aromatic carbocycles. The molecule has 0 radical (unpaired) electrons. The van der Waals surface area contributed by atoms with Gasteiger partial charge in [-0.05, 0) is 35.7 Å². The molecule has 0 spiro atoms. The fourth-order valence-electron chi connectivity index (χ4n) is 3.51. The van der Waals surface area contributed by atoms with Gasteiger partial charge in [-0.3, -0.25) is 19.8 Å². The number of non-ortho nitro benzene ring substituents is 1. The molecule has 28 heavy (non-hydrogen) atoms. The Hall–Kier alpha value is -3.13. The van der Waals surface area contributed by atoms with Crippen molar-refractivity contribution in [2.45, 2.75) is 19.4 Å². The number of fused-ring (bicyclic) bond motifs is 2. The van der Waals surface area contributed by atoms with E-state index >= 15 is 0 Å². The molecule has 1 amide bonds. The number of rotatable bonds is 4. The topological polar surface area (TPSA) is 93.9 Å². The van der Waals surface area contributed by atoms with Crippen LogP contribution in [-0.4, -0.2) is 42.0 Å². The smallest absolute Gasteiger partial charge is 0.271 e. The van der Waals surface area contributed by atoms with Crippen molar-refractivity contribution >= 4 is 17.3 Å². The Kier molecular flexibility index (Phi) is 5.12. The van der Waals surface area contributed by atoms with Gasteiger partial charge < -0.3 is 14.8 Å². The van der Waals surface area contributed by atoms with Crippen molar-refractivity contribution in [2.75, 3.05) is 31.6 Å². The maximum atomic E-state index is 12.4. The second-order valence-electron chi connectivity index (χ2n) is 6.93. The maximum Gasteiger partial charge on any atom is 0.271 e. The zero-order valence-electron chi connectivity index (χ0n) is 15.3. The minimum Gasteiger partial charge on any atom is -0.490 e. The zero-order chi connectivity index (χ0) is 19.5. The molecule has 0 saturated heterocycles. The van der Waals surface area contributed by atoms with Crippen molar-refractivity contribution in [2.24, 2.45) is 0 Å². The highest BCUT2D eigenvalue weighted by Gasteiger charge is 2.22. The van der Waals surface area contributed by atoms with Crippen molar-refractivity contribution in [1.29, 1.82) is 0 Å². The lowest BCUT2D eigenvalue weighted by Crippen LogP contribution is -2.37. The molecule has 2 aliphatic rings. The summed E-state index contributed by atoms with van der Waals surface area (Å²) in [7, 11) is 0. The molecule has 2 aliphatic heterocycles. The van der Waals surface area contributed by atoms with E-state index in [0.717, 1.165) is 36.4 Å². The van der Waals surface area contributed by atoms with E-state index in [2.05, 4.69) is 16.3 Å². The number of ether oxygens (including phenoxy) is 2. The summed E-state index contributed by atoms with van der Waals surface area (Å²) in [5.74, 6) is 1.37. The lowest BCUT2D eigenvalue weighted by atomic mass is 9.99. The largest absolute Gasteiger partial charge is 0.490 e. The lowest BCUT2D eigenvalue weighted by molar-refractivity contribution is -0.384. The summed E-state index contributed by atoms with van der Waals surface area (Å²) in [4.78, 5) is 24.8. The van der Waals surface area contributed by atoms with Gasteiger partial charge in [0.25, 0.3) is 5.69 Å². The van der Waals surface area contributed by atoms with Crippen LogP contribution in [0.5, 0.6) is 11.5 Å². The van der Waals surface area contributed by atoms with Crippen molar-refractivity contribution in [1.82, 2.24) is 4.90 Å². The molecule has 0 fully saturated rings. The SMILES string of the molecule is O=C(CN1CCc2cc3c(cc2C1)OCCCO3)Nc1cccc([N+](=O)[O-])c1. The molecule has 0 saturated carbocycles. The predicted molar refractivity (Wildman–Crippen MR) is 103 cm³/mol. The number of carbonyl (C=O) groups excluding carboxylic acids is 1. The third kappa shape index (κ3) is 4.07. The van der Waals surface area contributed by atoms with Crippen LogP contribution in [0.15, 0.2) is 36.4 Å². The minimum atomic E-state index is -0.480. The summed E-state index contributed by atoms with van der Waals surface area (Å²) in [5.41, 5.74) is 2.73. The van der Waals surface area contributed by atoms with E-state index in [1.54, 1.807) is 12.1 Å². The number of hydrogen-bond donors (Lipinski definition) is 1. The Morgan fingerprint density at radius 3 is 2.64 bits per heavy atom.